The van der Waals surface area contributed by atoms with Crippen molar-refractivity contribution in [3.63, 3.8) is 0 Å². The second kappa shape index (κ2) is 10.1. The second-order valence-corrected chi connectivity index (χ2v) is 9.40. The Labute approximate surface area is 186 Å². The van der Waals surface area contributed by atoms with Gasteiger partial charge in [-0.05, 0) is 36.8 Å². The molecule has 0 fully saturated rings. The molecule has 0 radical (unpaired) electrons. The summed E-state index contributed by atoms with van der Waals surface area (Å²) < 4.78 is 25.7. The van der Waals surface area contributed by atoms with Gasteiger partial charge < -0.3 is 10.2 Å². The van der Waals surface area contributed by atoms with E-state index in [1.165, 1.54) is 11.9 Å². The van der Waals surface area contributed by atoms with Crippen LogP contribution in [-0.2, 0) is 26.2 Å². The normalized spacial score (nSPS) is 12.2. The van der Waals surface area contributed by atoms with Gasteiger partial charge in [0.2, 0.25) is 21.8 Å². The first kappa shape index (κ1) is 24.0. The lowest BCUT2D eigenvalue weighted by molar-refractivity contribution is -0.139. The maximum absolute atomic E-state index is 13.2. The number of amides is 2. The highest BCUT2D eigenvalue weighted by Gasteiger charge is 2.30. The van der Waals surface area contributed by atoms with Crippen molar-refractivity contribution in [2.45, 2.75) is 19.5 Å². The first-order valence-electron chi connectivity index (χ1n) is 9.02. The number of benzene rings is 2. The quantitative estimate of drug-likeness (QED) is 0.640. The van der Waals surface area contributed by atoms with Gasteiger partial charge in [-0.15, -0.1) is 0 Å². The van der Waals surface area contributed by atoms with Crippen LogP contribution in [0.5, 0.6) is 0 Å². The lowest BCUT2D eigenvalue weighted by Crippen LogP contribution is -2.50. The summed E-state index contributed by atoms with van der Waals surface area (Å²) in [6.45, 7) is 1.11. The second-order valence-electron chi connectivity index (χ2n) is 6.65. The number of para-hydroxylation sites is 1. The molecule has 162 valence electrons. The fourth-order valence-corrected chi connectivity index (χ4v) is 4.15. The molecule has 7 nitrogen and oxygen atoms in total. The zero-order valence-electron chi connectivity index (χ0n) is 16.8. The molecule has 0 aliphatic heterocycles. The summed E-state index contributed by atoms with van der Waals surface area (Å²) in [5.74, 6) is -0.939. The van der Waals surface area contributed by atoms with Crippen LogP contribution in [0.15, 0.2) is 48.5 Å². The fraction of sp³-hybridized carbons (Fsp3) is 0.300. The van der Waals surface area contributed by atoms with E-state index in [2.05, 4.69) is 5.32 Å². The zero-order chi connectivity index (χ0) is 22.5. The molecule has 0 aromatic heterocycles. The lowest BCUT2D eigenvalue weighted by Gasteiger charge is -2.31. The Balaban J connectivity index is 2.38. The number of likely N-dealkylation sites (N-methyl/N-ethyl adjacent to an activating group) is 1. The van der Waals surface area contributed by atoms with E-state index in [0.29, 0.717) is 21.3 Å². The molecule has 0 saturated carbocycles. The molecule has 10 heteroatoms. The predicted molar refractivity (Wildman–Crippen MR) is 119 cm³/mol. The summed E-state index contributed by atoms with van der Waals surface area (Å²) in [5.41, 5.74) is 0.932. The number of carbonyl (C=O) groups excluding carboxylic acids is 2. The Morgan fingerprint density at radius 2 is 1.73 bits per heavy atom. The number of nitrogens with one attached hydrogen (secondary N) is 1. The lowest BCUT2D eigenvalue weighted by atomic mass is 10.1. The summed E-state index contributed by atoms with van der Waals surface area (Å²) in [6.07, 6.45) is 1.02. The largest absolute Gasteiger partial charge is 0.357 e. The minimum atomic E-state index is -3.74. The van der Waals surface area contributed by atoms with Gasteiger partial charge in [-0.1, -0.05) is 47.5 Å². The zero-order valence-corrected chi connectivity index (χ0v) is 19.1. The average molecular weight is 472 g/mol. The number of hydrogen-bond acceptors (Lipinski definition) is 4. The van der Waals surface area contributed by atoms with Crippen LogP contribution in [0.4, 0.5) is 5.69 Å². The van der Waals surface area contributed by atoms with E-state index in [4.69, 9.17) is 23.2 Å². The van der Waals surface area contributed by atoms with Crippen LogP contribution >= 0.6 is 23.2 Å². The van der Waals surface area contributed by atoms with E-state index < -0.39 is 28.5 Å². The van der Waals surface area contributed by atoms with Crippen LogP contribution in [0.2, 0.25) is 10.0 Å². The van der Waals surface area contributed by atoms with Crippen molar-refractivity contribution in [3.8, 4) is 0 Å². The molecule has 0 saturated heterocycles. The Hall–Kier alpha value is -2.29. The van der Waals surface area contributed by atoms with Gasteiger partial charge in [0.15, 0.2) is 0 Å². The third-order valence-corrected chi connectivity index (χ3v) is 6.22. The molecule has 2 aromatic rings. The first-order valence-corrected chi connectivity index (χ1v) is 11.6. The Morgan fingerprint density at radius 1 is 1.10 bits per heavy atom. The molecular formula is C20H23Cl2N3O4S. The van der Waals surface area contributed by atoms with Crippen LogP contribution in [0.1, 0.15) is 12.5 Å². The number of anilines is 1. The molecule has 0 heterocycles. The Bertz CT molecular complexity index is 1020. The molecule has 0 unspecified atom stereocenters. The SMILES string of the molecule is CNC(=O)[C@@H](C)N(Cc1ccc(Cl)cc1Cl)C(=O)CN(c1ccccc1)S(C)(=O)=O. The van der Waals surface area contributed by atoms with Crippen molar-refractivity contribution in [2.75, 3.05) is 24.2 Å². The number of sulfonamides is 1. The number of hydrogen-bond donors (Lipinski definition) is 1. The highest BCUT2D eigenvalue weighted by molar-refractivity contribution is 7.92. The van der Waals surface area contributed by atoms with Gasteiger partial charge >= 0.3 is 0 Å². The summed E-state index contributed by atoms with van der Waals surface area (Å²) in [4.78, 5) is 26.7. The van der Waals surface area contributed by atoms with Crippen LogP contribution in [0.3, 0.4) is 0 Å². The summed E-state index contributed by atoms with van der Waals surface area (Å²) in [6, 6.07) is 12.3. The van der Waals surface area contributed by atoms with Crippen LogP contribution in [0, 0.1) is 0 Å². The van der Waals surface area contributed by atoms with Crippen molar-refractivity contribution in [3.05, 3.63) is 64.1 Å². The minimum Gasteiger partial charge on any atom is -0.357 e. The maximum atomic E-state index is 13.2. The Kier molecular flexibility index (Phi) is 8.11. The standard InChI is InChI=1S/C20H23Cl2N3O4S/c1-14(20(27)23-2)24(12-15-9-10-16(21)11-18(15)22)19(26)13-25(30(3,28)29)17-7-5-4-6-8-17/h4-11,14H,12-13H2,1-3H3,(H,23,27)/t14-/m1/s1. The molecule has 0 spiro atoms. The third kappa shape index (κ3) is 6.10. The first-order chi connectivity index (χ1) is 14.0. The summed E-state index contributed by atoms with van der Waals surface area (Å²) in [7, 11) is -2.28. The number of carbonyl (C=O) groups is 2. The molecule has 1 N–H and O–H groups in total. The number of nitrogens with zero attached hydrogens (tertiary/aromatic N) is 2. The molecule has 2 aromatic carbocycles. The van der Waals surface area contributed by atoms with Crippen molar-refractivity contribution in [1.29, 1.82) is 0 Å². The minimum absolute atomic E-state index is 0.00974. The topological polar surface area (TPSA) is 86.8 Å². The van der Waals surface area contributed by atoms with E-state index in [9.17, 15) is 18.0 Å². The number of halogens is 2. The Morgan fingerprint density at radius 3 is 2.27 bits per heavy atom. The van der Waals surface area contributed by atoms with Gasteiger partial charge in [0, 0.05) is 23.6 Å². The monoisotopic (exact) mass is 471 g/mol. The molecule has 2 amide bonds. The smallest absolute Gasteiger partial charge is 0.244 e. The fourth-order valence-electron chi connectivity index (χ4n) is 2.83. The van der Waals surface area contributed by atoms with E-state index in [1.807, 2.05) is 0 Å². The highest BCUT2D eigenvalue weighted by Crippen LogP contribution is 2.24. The van der Waals surface area contributed by atoms with Crippen molar-refractivity contribution in [2.24, 2.45) is 0 Å². The van der Waals surface area contributed by atoms with Crippen LogP contribution in [0.25, 0.3) is 0 Å². The average Bonchev–Trinajstić information content (AvgIpc) is 2.70. The van der Waals surface area contributed by atoms with Gasteiger partial charge in [-0.2, -0.15) is 0 Å². The van der Waals surface area contributed by atoms with Gasteiger partial charge in [0.1, 0.15) is 12.6 Å². The van der Waals surface area contributed by atoms with Crippen molar-refractivity contribution in [1.82, 2.24) is 10.2 Å². The summed E-state index contributed by atoms with van der Waals surface area (Å²) in [5, 5.41) is 3.28. The summed E-state index contributed by atoms with van der Waals surface area (Å²) >= 11 is 12.2. The van der Waals surface area contributed by atoms with E-state index in [1.54, 1.807) is 55.5 Å². The number of rotatable bonds is 8. The van der Waals surface area contributed by atoms with E-state index >= 15 is 0 Å². The van der Waals surface area contributed by atoms with Gasteiger partial charge in [0.05, 0.1) is 11.9 Å². The van der Waals surface area contributed by atoms with Crippen molar-refractivity contribution >= 4 is 50.7 Å². The molecule has 2 rings (SSSR count). The highest BCUT2D eigenvalue weighted by atomic mass is 35.5. The van der Waals surface area contributed by atoms with E-state index in [0.717, 1.165) is 10.6 Å². The van der Waals surface area contributed by atoms with Crippen LogP contribution < -0.4 is 9.62 Å². The molecule has 0 aliphatic rings. The molecule has 30 heavy (non-hydrogen) atoms. The van der Waals surface area contributed by atoms with Gasteiger partial charge in [0.25, 0.3) is 0 Å². The third-order valence-electron chi connectivity index (χ3n) is 4.49. The van der Waals surface area contributed by atoms with Crippen molar-refractivity contribution < 1.29 is 18.0 Å². The molecule has 0 aliphatic carbocycles. The molecular weight excluding hydrogens is 449 g/mol. The molecule has 0 bridgehead atoms. The maximum Gasteiger partial charge on any atom is 0.244 e. The van der Waals surface area contributed by atoms with Crippen LogP contribution in [-0.4, -0.2) is 51.0 Å². The van der Waals surface area contributed by atoms with E-state index in [-0.39, 0.29) is 12.5 Å². The predicted octanol–water partition coefficient (Wildman–Crippen LogP) is 2.92. The molecule has 1 atom stereocenters. The van der Waals surface area contributed by atoms with Gasteiger partial charge in [-0.25, -0.2) is 8.42 Å². The van der Waals surface area contributed by atoms with Gasteiger partial charge in [-0.3, -0.25) is 13.9 Å².